The van der Waals surface area contributed by atoms with Gasteiger partial charge in [0.1, 0.15) is 0 Å². The summed E-state index contributed by atoms with van der Waals surface area (Å²) >= 11 is 5.91. The number of thiocarbonyl (C=S) groups is 1. The minimum absolute atomic E-state index is 0.0457. The minimum atomic E-state index is -0.145. The van der Waals surface area contributed by atoms with Crippen LogP contribution >= 0.6 is 12.2 Å². The van der Waals surface area contributed by atoms with Crippen molar-refractivity contribution in [2.24, 2.45) is 0 Å². The standard InChI is InChI=1S/C34H33N5OS/c1-22-23(2)39(26-14-5-4-6-15-26)24(3)31(22)33-32(29-17-9-10-20-35-29)37-34(41)38(33)21-19-30(40)36-28-18-11-13-25-12-7-8-16-27(25)28/h4-18,20,32-33H,19,21H2,1-3H3,(H,36,40)(H,37,41)/t32-,33+/m0/s1. The van der Waals surface area contributed by atoms with E-state index in [9.17, 15) is 4.79 Å². The van der Waals surface area contributed by atoms with Crippen molar-refractivity contribution >= 4 is 39.7 Å². The van der Waals surface area contributed by atoms with Gasteiger partial charge in [0, 0.05) is 52.9 Å². The van der Waals surface area contributed by atoms with E-state index < -0.39 is 0 Å². The predicted molar refractivity (Wildman–Crippen MR) is 169 cm³/mol. The molecule has 206 valence electrons. The molecule has 6 nitrogen and oxygen atoms in total. The number of amides is 1. The molecule has 5 aromatic rings. The van der Waals surface area contributed by atoms with Crippen molar-refractivity contribution < 1.29 is 4.79 Å². The molecule has 0 aliphatic carbocycles. The third-order valence-electron chi connectivity index (χ3n) is 8.16. The van der Waals surface area contributed by atoms with Gasteiger partial charge in [-0.15, -0.1) is 0 Å². The Bertz CT molecular complexity index is 1730. The summed E-state index contributed by atoms with van der Waals surface area (Å²) in [6, 6.07) is 30.2. The number of anilines is 1. The average Bonchev–Trinajstić information content (AvgIpc) is 3.43. The molecule has 0 bridgehead atoms. The summed E-state index contributed by atoms with van der Waals surface area (Å²) in [6.07, 6.45) is 2.12. The Morgan fingerprint density at radius 2 is 1.63 bits per heavy atom. The fraction of sp³-hybridized carbons (Fsp3) is 0.206. The van der Waals surface area contributed by atoms with Crippen molar-refractivity contribution in [3.63, 3.8) is 0 Å². The van der Waals surface area contributed by atoms with Crippen LogP contribution in [-0.2, 0) is 4.79 Å². The van der Waals surface area contributed by atoms with E-state index >= 15 is 0 Å². The van der Waals surface area contributed by atoms with E-state index in [1.54, 1.807) is 0 Å². The van der Waals surface area contributed by atoms with Gasteiger partial charge in [0.05, 0.1) is 17.8 Å². The number of rotatable bonds is 7. The van der Waals surface area contributed by atoms with Crippen LogP contribution in [0.15, 0.2) is 97.2 Å². The fourth-order valence-corrected chi connectivity index (χ4v) is 6.47. The van der Waals surface area contributed by atoms with Gasteiger partial charge in [0.2, 0.25) is 5.91 Å². The fourth-order valence-electron chi connectivity index (χ4n) is 6.14. The molecule has 2 aromatic heterocycles. The molecule has 0 radical (unpaired) electrons. The maximum absolute atomic E-state index is 13.3. The number of nitrogens with one attached hydrogen (secondary N) is 2. The van der Waals surface area contributed by atoms with Crippen LogP contribution in [0.1, 0.15) is 46.7 Å². The molecule has 2 N–H and O–H groups in total. The maximum Gasteiger partial charge on any atom is 0.226 e. The second kappa shape index (κ2) is 11.2. The molecule has 3 aromatic carbocycles. The zero-order valence-electron chi connectivity index (χ0n) is 23.5. The quantitative estimate of drug-likeness (QED) is 0.211. The Morgan fingerprint density at radius 3 is 2.41 bits per heavy atom. The molecule has 41 heavy (non-hydrogen) atoms. The summed E-state index contributed by atoms with van der Waals surface area (Å²) < 4.78 is 2.31. The molecule has 3 heterocycles. The van der Waals surface area contributed by atoms with Crippen LogP contribution in [-0.4, -0.2) is 32.0 Å². The summed E-state index contributed by atoms with van der Waals surface area (Å²) in [5, 5.41) is 9.43. The van der Waals surface area contributed by atoms with Crippen LogP contribution in [0.5, 0.6) is 0 Å². The van der Waals surface area contributed by atoms with Crippen LogP contribution in [0.4, 0.5) is 5.69 Å². The lowest BCUT2D eigenvalue weighted by Gasteiger charge is -2.29. The van der Waals surface area contributed by atoms with E-state index in [-0.39, 0.29) is 18.0 Å². The van der Waals surface area contributed by atoms with Gasteiger partial charge < -0.3 is 20.1 Å². The van der Waals surface area contributed by atoms with Gasteiger partial charge in [-0.05, 0) is 74.3 Å². The zero-order valence-corrected chi connectivity index (χ0v) is 24.3. The first-order valence-electron chi connectivity index (χ1n) is 13.9. The number of fused-ring (bicyclic) bond motifs is 1. The molecular weight excluding hydrogens is 526 g/mol. The summed E-state index contributed by atoms with van der Waals surface area (Å²) in [7, 11) is 0. The molecule has 1 aliphatic rings. The number of hydrogen-bond donors (Lipinski definition) is 2. The van der Waals surface area contributed by atoms with Crippen LogP contribution in [0.3, 0.4) is 0 Å². The minimum Gasteiger partial charge on any atom is -0.352 e. The number of para-hydroxylation sites is 1. The molecular formula is C34H33N5OS. The monoisotopic (exact) mass is 559 g/mol. The first-order chi connectivity index (χ1) is 19.9. The summed E-state index contributed by atoms with van der Waals surface area (Å²) in [6.45, 7) is 6.99. The lowest BCUT2D eigenvalue weighted by Crippen LogP contribution is -2.33. The molecule has 0 unspecified atom stereocenters. The van der Waals surface area contributed by atoms with Crippen LogP contribution in [0.25, 0.3) is 16.5 Å². The topological polar surface area (TPSA) is 62.2 Å². The Hall–Kier alpha value is -4.49. The number of hydrogen-bond acceptors (Lipinski definition) is 3. The van der Waals surface area contributed by atoms with Gasteiger partial charge in [-0.25, -0.2) is 0 Å². The van der Waals surface area contributed by atoms with Crippen molar-refractivity contribution in [2.45, 2.75) is 39.3 Å². The Morgan fingerprint density at radius 1 is 0.902 bits per heavy atom. The van der Waals surface area contributed by atoms with Gasteiger partial charge in [0.15, 0.2) is 5.11 Å². The van der Waals surface area contributed by atoms with E-state index in [1.165, 1.54) is 16.8 Å². The molecule has 0 saturated carbocycles. The SMILES string of the molecule is Cc1c([C@@H]2[C@H](c3ccccn3)NC(=S)N2CCC(=O)Nc2cccc3ccccc23)c(C)n(-c2ccccc2)c1C. The molecule has 0 spiro atoms. The summed E-state index contributed by atoms with van der Waals surface area (Å²) in [5.74, 6) is -0.0457. The summed E-state index contributed by atoms with van der Waals surface area (Å²) in [4.78, 5) is 20.1. The highest BCUT2D eigenvalue weighted by molar-refractivity contribution is 7.80. The molecule has 1 amide bonds. The van der Waals surface area contributed by atoms with E-state index in [2.05, 4.69) is 77.3 Å². The highest BCUT2D eigenvalue weighted by Crippen LogP contribution is 2.43. The Labute approximate surface area is 246 Å². The van der Waals surface area contributed by atoms with Gasteiger partial charge in [-0.2, -0.15) is 0 Å². The smallest absolute Gasteiger partial charge is 0.226 e. The number of carbonyl (C=O) groups excluding carboxylic acids is 1. The Balaban J connectivity index is 1.33. The highest BCUT2D eigenvalue weighted by atomic mass is 32.1. The molecule has 2 atom stereocenters. The van der Waals surface area contributed by atoms with Crippen LogP contribution < -0.4 is 10.6 Å². The third-order valence-corrected chi connectivity index (χ3v) is 8.51. The van der Waals surface area contributed by atoms with Gasteiger partial charge in [-0.3, -0.25) is 9.78 Å². The maximum atomic E-state index is 13.3. The van der Waals surface area contributed by atoms with Crippen molar-refractivity contribution in [2.75, 3.05) is 11.9 Å². The first-order valence-corrected chi connectivity index (χ1v) is 14.3. The number of pyridine rings is 1. The predicted octanol–water partition coefficient (Wildman–Crippen LogP) is 6.95. The normalized spacial score (nSPS) is 16.7. The van der Waals surface area contributed by atoms with E-state index in [0.717, 1.165) is 33.5 Å². The largest absolute Gasteiger partial charge is 0.352 e. The molecule has 1 fully saturated rings. The average molecular weight is 560 g/mol. The molecule has 1 saturated heterocycles. The lowest BCUT2D eigenvalue weighted by molar-refractivity contribution is -0.116. The summed E-state index contributed by atoms with van der Waals surface area (Å²) in [5.41, 5.74) is 7.65. The highest BCUT2D eigenvalue weighted by Gasteiger charge is 2.42. The van der Waals surface area contributed by atoms with Crippen molar-refractivity contribution in [3.05, 3.63) is 125 Å². The van der Waals surface area contributed by atoms with Crippen molar-refractivity contribution in [1.82, 2.24) is 19.8 Å². The number of carbonyl (C=O) groups is 1. The van der Waals surface area contributed by atoms with Crippen molar-refractivity contribution in [3.8, 4) is 5.69 Å². The lowest BCUT2D eigenvalue weighted by atomic mass is 9.93. The third kappa shape index (κ3) is 4.98. The molecule has 1 aliphatic heterocycles. The second-order valence-electron chi connectivity index (χ2n) is 10.5. The molecule has 6 rings (SSSR count). The van der Waals surface area contributed by atoms with Gasteiger partial charge in [0.25, 0.3) is 0 Å². The number of benzene rings is 3. The van der Waals surface area contributed by atoms with Gasteiger partial charge >= 0.3 is 0 Å². The van der Waals surface area contributed by atoms with E-state index in [0.29, 0.717) is 18.1 Å². The van der Waals surface area contributed by atoms with E-state index in [1.807, 2.05) is 60.8 Å². The zero-order chi connectivity index (χ0) is 28.5. The van der Waals surface area contributed by atoms with Crippen LogP contribution in [0.2, 0.25) is 0 Å². The second-order valence-corrected chi connectivity index (χ2v) is 10.9. The number of aromatic nitrogens is 2. The Kier molecular flexibility index (Phi) is 7.28. The number of nitrogens with zero attached hydrogens (tertiary/aromatic N) is 3. The van der Waals surface area contributed by atoms with Gasteiger partial charge in [-0.1, -0.05) is 60.7 Å². The van der Waals surface area contributed by atoms with Crippen molar-refractivity contribution in [1.29, 1.82) is 0 Å². The first kappa shape index (κ1) is 26.7. The van der Waals surface area contributed by atoms with E-state index in [4.69, 9.17) is 17.2 Å². The molecule has 7 heteroatoms. The van der Waals surface area contributed by atoms with Crippen LogP contribution in [0, 0.1) is 20.8 Å².